The highest BCUT2D eigenvalue weighted by Gasteiger charge is 2.57. The molecular weight excluding hydrogens is 290 g/mol. The van der Waals surface area contributed by atoms with E-state index >= 15 is 0 Å². The average molecular weight is 315 g/mol. The Morgan fingerprint density at radius 2 is 2.13 bits per heavy atom. The van der Waals surface area contributed by atoms with E-state index in [0.29, 0.717) is 24.4 Å². The van der Waals surface area contributed by atoms with Crippen molar-refractivity contribution in [3.8, 4) is 5.88 Å². The maximum absolute atomic E-state index is 12.4. The number of nitrogens with zero attached hydrogens (tertiary/aromatic N) is 1. The summed E-state index contributed by atoms with van der Waals surface area (Å²) in [5, 5.41) is 6.49. The van der Waals surface area contributed by atoms with Crippen LogP contribution in [0.3, 0.4) is 0 Å². The molecule has 3 aliphatic rings. The van der Waals surface area contributed by atoms with Crippen molar-refractivity contribution >= 4 is 5.91 Å². The van der Waals surface area contributed by atoms with Crippen molar-refractivity contribution < 1.29 is 9.53 Å². The number of rotatable bonds is 6. The third-order valence-corrected chi connectivity index (χ3v) is 5.24. The number of piperidine rings is 1. The number of ether oxygens (including phenoxy) is 1. The molecule has 124 valence electrons. The second-order valence-electron chi connectivity index (χ2n) is 7.85. The van der Waals surface area contributed by atoms with E-state index in [2.05, 4.69) is 21.7 Å². The van der Waals surface area contributed by atoms with Crippen LogP contribution in [-0.4, -0.2) is 36.1 Å². The third-order valence-electron chi connectivity index (χ3n) is 5.24. The summed E-state index contributed by atoms with van der Waals surface area (Å²) in [6.07, 6.45) is 4.21. The number of carbonyl (C=O) groups is 1. The van der Waals surface area contributed by atoms with E-state index in [1.165, 1.54) is 18.4 Å². The Labute approximate surface area is 137 Å². The van der Waals surface area contributed by atoms with E-state index < -0.39 is 0 Å². The number of pyridine rings is 1. The van der Waals surface area contributed by atoms with Crippen LogP contribution in [-0.2, 0) is 4.79 Å². The Kier molecular flexibility index (Phi) is 3.56. The molecule has 23 heavy (non-hydrogen) atoms. The largest absolute Gasteiger partial charge is 0.475 e. The predicted molar refractivity (Wildman–Crippen MR) is 87.3 cm³/mol. The average Bonchev–Trinajstić information content (AvgIpc) is 3.43. The van der Waals surface area contributed by atoms with Crippen molar-refractivity contribution in [3.63, 3.8) is 0 Å². The van der Waals surface area contributed by atoms with Gasteiger partial charge in [-0.1, -0.05) is 6.07 Å². The van der Waals surface area contributed by atoms with Gasteiger partial charge in [-0.2, -0.15) is 0 Å². The summed E-state index contributed by atoms with van der Waals surface area (Å²) < 4.78 is 5.96. The van der Waals surface area contributed by atoms with Gasteiger partial charge < -0.3 is 15.4 Å². The summed E-state index contributed by atoms with van der Waals surface area (Å²) in [6.45, 7) is 6.44. The zero-order chi connectivity index (χ0) is 16.0. The van der Waals surface area contributed by atoms with Crippen LogP contribution in [0.2, 0.25) is 0 Å². The van der Waals surface area contributed by atoms with E-state index in [1.807, 2.05) is 19.9 Å². The minimum absolute atomic E-state index is 0.179. The zero-order valence-corrected chi connectivity index (χ0v) is 13.8. The number of amides is 1. The van der Waals surface area contributed by atoms with Crippen LogP contribution in [0, 0.1) is 17.8 Å². The van der Waals surface area contributed by atoms with Crippen molar-refractivity contribution in [3.05, 3.63) is 23.9 Å². The van der Waals surface area contributed by atoms with E-state index in [-0.39, 0.29) is 17.4 Å². The van der Waals surface area contributed by atoms with Crippen LogP contribution >= 0.6 is 0 Å². The molecule has 5 heteroatoms. The Hall–Kier alpha value is -1.62. The standard InChI is InChI=1S/C18H25N3O2/c1-18(2,21-16(22)15-13-8-19-9-14(13)15)10-23-17-12(11-5-6-11)4-3-7-20-17/h3-4,7,11,13-15,19H,5-6,8-10H2,1-2H3,(H,21,22)/t13-,14+,15?. The van der Waals surface area contributed by atoms with Crippen LogP contribution in [0.1, 0.15) is 38.2 Å². The van der Waals surface area contributed by atoms with Gasteiger partial charge in [0.15, 0.2) is 0 Å². The molecule has 1 aromatic rings. The van der Waals surface area contributed by atoms with Gasteiger partial charge in [-0.25, -0.2) is 4.98 Å². The minimum Gasteiger partial charge on any atom is -0.475 e. The highest BCUT2D eigenvalue weighted by molar-refractivity contribution is 5.83. The Morgan fingerprint density at radius 1 is 1.39 bits per heavy atom. The highest BCUT2D eigenvalue weighted by Crippen LogP contribution is 2.48. The summed E-state index contributed by atoms with van der Waals surface area (Å²) >= 11 is 0. The smallest absolute Gasteiger partial charge is 0.224 e. The molecular formula is C18H25N3O2. The fraction of sp³-hybridized carbons (Fsp3) is 0.667. The van der Waals surface area contributed by atoms with Gasteiger partial charge in [0.05, 0.1) is 5.54 Å². The molecule has 1 amide bonds. The number of nitrogens with one attached hydrogen (secondary N) is 2. The molecule has 1 aromatic heterocycles. The van der Waals surface area contributed by atoms with Gasteiger partial charge in [0.2, 0.25) is 11.8 Å². The first kappa shape index (κ1) is 14.9. The molecule has 4 rings (SSSR count). The van der Waals surface area contributed by atoms with Gasteiger partial charge >= 0.3 is 0 Å². The SMILES string of the molecule is CC(C)(COc1ncccc1C1CC1)NC(=O)C1[C@H]2CNC[C@@H]12. The third kappa shape index (κ3) is 3.07. The molecule has 1 unspecified atom stereocenters. The van der Waals surface area contributed by atoms with Crippen LogP contribution in [0.25, 0.3) is 0 Å². The second-order valence-corrected chi connectivity index (χ2v) is 7.85. The normalized spacial score (nSPS) is 29.0. The molecule has 0 bridgehead atoms. The molecule has 1 saturated heterocycles. The van der Waals surface area contributed by atoms with Crippen molar-refractivity contribution in [1.82, 2.24) is 15.6 Å². The summed E-state index contributed by atoms with van der Waals surface area (Å²) in [5.74, 6) is 2.80. The van der Waals surface area contributed by atoms with Crippen LogP contribution in [0.15, 0.2) is 18.3 Å². The number of hydrogen-bond acceptors (Lipinski definition) is 4. The van der Waals surface area contributed by atoms with Gasteiger partial charge in [0.25, 0.3) is 0 Å². The molecule has 3 fully saturated rings. The zero-order valence-electron chi connectivity index (χ0n) is 13.8. The molecule has 3 atom stereocenters. The first-order chi connectivity index (χ1) is 11.1. The van der Waals surface area contributed by atoms with Gasteiger partial charge in [-0.15, -0.1) is 0 Å². The highest BCUT2D eigenvalue weighted by atomic mass is 16.5. The van der Waals surface area contributed by atoms with Crippen LogP contribution in [0.4, 0.5) is 0 Å². The Bertz CT molecular complexity index is 602. The lowest BCUT2D eigenvalue weighted by Crippen LogP contribution is -2.49. The van der Waals surface area contributed by atoms with Gasteiger partial charge in [0.1, 0.15) is 6.61 Å². The molecule has 0 radical (unpaired) electrons. The van der Waals surface area contributed by atoms with Crippen molar-refractivity contribution in [2.75, 3.05) is 19.7 Å². The second kappa shape index (κ2) is 5.48. The minimum atomic E-state index is -0.389. The fourth-order valence-corrected chi connectivity index (χ4v) is 3.74. The molecule has 0 spiro atoms. The van der Waals surface area contributed by atoms with E-state index in [0.717, 1.165) is 19.0 Å². The number of carbonyl (C=O) groups excluding carboxylic acids is 1. The maximum atomic E-state index is 12.4. The number of aromatic nitrogens is 1. The number of hydrogen-bond donors (Lipinski definition) is 2. The van der Waals surface area contributed by atoms with Gasteiger partial charge in [0, 0.05) is 17.7 Å². The van der Waals surface area contributed by atoms with Crippen LogP contribution in [0.5, 0.6) is 5.88 Å². The molecule has 2 N–H and O–H groups in total. The maximum Gasteiger partial charge on any atom is 0.224 e. The molecule has 2 aliphatic carbocycles. The number of fused-ring (bicyclic) bond motifs is 1. The lowest BCUT2D eigenvalue weighted by atomic mass is 10.1. The van der Waals surface area contributed by atoms with Crippen LogP contribution < -0.4 is 15.4 Å². The molecule has 5 nitrogen and oxygen atoms in total. The quantitative estimate of drug-likeness (QED) is 0.839. The van der Waals surface area contributed by atoms with Gasteiger partial charge in [-0.05, 0) is 63.6 Å². The molecule has 2 heterocycles. The lowest BCUT2D eigenvalue weighted by Gasteiger charge is -2.27. The van der Waals surface area contributed by atoms with Crippen molar-refractivity contribution in [2.24, 2.45) is 17.8 Å². The molecule has 1 aliphatic heterocycles. The predicted octanol–water partition coefficient (Wildman–Crippen LogP) is 1.70. The lowest BCUT2D eigenvalue weighted by molar-refractivity contribution is -0.125. The van der Waals surface area contributed by atoms with Gasteiger partial charge in [-0.3, -0.25) is 4.79 Å². The van der Waals surface area contributed by atoms with Crippen molar-refractivity contribution in [1.29, 1.82) is 0 Å². The Morgan fingerprint density at radius 3 is 2.83 bits per heavy atom. The van der Waals surface area contributed by atoms with E-state index in [9.17, 15) is 4.79 Å². The molecule has 2 saturated carbocycles. The summed E-state index contributed by atoms with van der Waals surface area (Å²) in [4.78, 5) is 16.8. The monoisotopic (exact) mass is 315 g/mol. The fourth-order valence-electron chi connectivity index (χ4n) is 3.74. The molecule has 0 aromatic carbocycles. The topological polar surface area (TPSA) is 63.2 Å². The first-order valence-corrected chi connectivity index (χ1v) is 8.66. The summed E-state index contributed by atoms with van der Waals surface area (Å²) in [6, 6.07) is 4.07. The summed E-state index contributed by atoms with van der Waals surface area (Å²) in [7, 11) is 0. The first-order valence-electron chi connectivity index (χ1n) is 8.66. The van der Waals surface area contributed by atoms with Crippen molar-refractivity contribution in [2.45, 2.75) is 38.1 Å². The Balaban J connectivity index is 1.33. The van der Waals surface area contributed by atoms with E-state index in [1.54, 1.807) is 6.20 Å². The van der Waals surface area contributed by atoms with E-state index in [4.69, 9.17) is 4.74 Å². The summed E-state index contributed by atoms with van der Waals surface area (Å²) in [5.41, 5.74) is 0.817.